The van der Waals surface area contributed by atoms with Gasteiger partial charge in [-0.3, -0.25) is 4.79 Å². The smallest absolute Gasteiger partial charge is 0.228 e. The third-order valence-electron chi connectivity index (χ3n) is 6.48. The molecule has 156 valence electrons. The number of halogens is 1. The Morgan fingerprint density at radius 2 is 1.96 bits per heavy atom. The summed E-state index contributed by atoms with van der Waals surface area (Å²) in [5.41, 5.74) is 1.91. The van der Waals surface area contributed by atoms with Crippen LogP contribution in [-0.2, 0) is 9.53 Å². The molecular formula is C23H34BrNO3. The lowest BCUT2D eigenvalue weighted by Gasteiger charge is -2.46. The number of hydrogen-bond acceptors (Lipinski definition) is 3. The van der Waals surface area contributed by atoms with Crippen LogP contribution in [0.1, 0.15) is 76.9 Å². The molecule has 1 amide bonds. The summed E-state index contributed by atoms with van der Waals surface area (Å²) >= 11 is 3.67. The first kappa shape index (κ1) is 21.8. The molecule has 1 aromatic rings. The molecule has 1 heterocycles. The normalized spacial score (nSPS) is 25.0. The molecular weight excluding hydrogens is 418 g/mol. The Hall–Kier alpha value is -0.910. The molecule has 0 spiro atoms. The molecule has 28 heavy (non-hydrogen) atoms. The molecule has 1 saturated carbocycles. The summed E-state index contributed by atoms with van der Waals surface area (Å²) < 4.78 is 5.82. The van der Waals surface area contributed by atoms with Gasteiger partial charge in [-0.1, -0.05) is 61.2 Å². The standard InChI is InChI=1S/C23H34BrNO3/c1-3-5-14-28-16-20-19(24)15-21(26)25(20)18-9-7-17(8-10-18)22(27)23(11-4-2)12-6-13-23/h7-10,19-20,22,27H,3-6,11-16H2,1-2H3. The number of benzene rings is 1. The predicted molar refractivity (Wildman–Crippen MR) is 117 cm³/mol. The van der Waals surface area contributed by atoms with E-state index in [0.717, 1.165) is 56.4 Å². The summed E-state index contributed by atoms with van der Waals surface area (Å²) in [4.78, 5) is 14.6. The lowest BCUT2D eigenvalue weighted by Crippen LogP contribution is -2.39. The monoisotopic (exact) mass is 451 g/mol. The van der Waals surface area contributed by atoms with Gasteiger partial charge >= 0.3 is 0 Å². The van der Waals surface area contributed by atoms with Gasteiger partial charge in [0.1, 0.15) is 0 Å². The van der Waals surface area contributed by atoms with Crippen LogP contribution in [0.4, 0.5) is 5.69 Å². The van der Waals surface area contributed by atoms with E-state index in [4.69, 9.17) is 4.74 Å². The fourth-order valence-corrected chi connectivity index (χ4v) is 5.34. The van der Waals surface area contributed by atoms with Crippen LogP contribution >= 0.6 is 15.9 Å². The van der Waals surface area contributed by atoms with Gasteiger partial charge in [-0.2, -0.15) is 0 Å². The average Bonchev–Trinajstić information content (AvgIpc) is 2.94. The Labute approximate surface area is 177 Å². The van der Waals surface area contributed by atoms with Crippen molar-refractivity contribution in [3.63, 3.8) is 0 Å². The Kier molecular flexibility index (Phi) is 7.57. The van der Waals surface area contributed by atoms with E-state index in [1.165, 1.54) is 6.42 Å². The number of unbranched alkanes of at least 4 members (excludes halogenated alkanes) is 1. The highest BCUT2D eigenvalue weighted by Crippen LogP contribution is 2.53. The van der Waals surface area contributed by atoms with E-state index >= 15 is 0 Å². The van der Waals surface area contributed by atoms with Crippen LogP contribution in [0.2, 0.25) is 0 Å². The zero-order valence-corrected chi connectivity index (χ0v) is 18.8. The zero-order chi connectivity index (χ0) is 20.1. The molecule has 2 fully saturated rings. The highest BCUT2D eigenvalue weighted by Gasteiger charge is 2.43. The number of aliphatic hydroxyl groups is 1. The van der Waals surface area contributed by atoms with Crippen molar-refractivity contribution in [2.45, 2.75) is 82.2 Å². The van der Waals surface area contributed by atoms with E-state index in [0.29, 0.717) is 13.0 Å². The number of nitrogens with zero attached hydrogens (tertiary/aromatic N) is 1. The van der Waals surface area contributed by atoms with Crippen molar-refractivity contribution in [1.29, 1.82) is 0 Å². The highest BCUT2D eigenvalue weighted by atomic mass is 79.9. The van der Waals surface area contributed by atoms with Gasteiger partial charge in [-0.25, -0.2) is 0 Å². The molecule has 4 nitrogen and oxygen atoms in total. The Bertz CT molecular complexity index is 644. The highest BCUT2D eigenvalue weighted by molar-refractivity contribution is 9.09. The second-order valence-electron chi connectivity index (χ2n) is 8.44. The van der Waals surface area contributed by atoms with E-state index in [9.17, 15) is 9.90 Å². The second-order valence-corrected chi connectivity index (χ2v) is 9.62. The minimum absolute atomic E-state index is 0.0122. The van der Waals surface area contributed by atoms with Crippen LogP contribution in [-0.4, -0.2) is 35.1 Å². The predicted octanol–water partition coefficient (Wildman–Crippen LogP) is 5.38. The summed E-state index contributed by atoms with van der Waals surface area (Å²) in [5.74, 6) is 0.126. The van der Waals surface area contributed by atoms with Gasteiger partial charge in [-0.15, -0.1) is 0 Å². The number of hydrogen-bond donors (Lipinski definition) is 1. The van der Waals surface area contributed by atoms with Crippen LogP contribution in [0, 0.1) is 5.41 Å². The minimum atomic E-state index is -0.415. The van der Waals surface area contributed by atoms with Crippen LogP contribution in [0.15, 0.2) is 24.3 Å². The number of carbonyl (C=O) groups excluding carboxylic acids is 1. The number of anilines is 1. The first-order chi connectivity index (χ1) is 13.5. The van der Waals surface area contributed by atoms with Gasteiger partial charge in [0.05, 0.1) is 18.8 Å². The second kappa shape index (κ2) is 9.73. The fourth-order valence-electron chi connectivity index (χ4n) is 4.67. The average molecular weight is 452 g/mol. The van der Waals surface area contributed by atoms with Crippen molar-refractivity contribution in [3.05, 3.63) is 29.8 Å². The number of rotatable bonds is 10. The molecule has 1 aromatic carbocycles. The van der Waals surface area contributed by atoms with Crippen molar-refractivity contribution in [1.82, 2.24) is 0 Å². The maximum Gasteiger partial charge on any atom is 0.228 e. The Morgan fingerprint density at radius 3 is 2.54 bits per heavy atom. The minimum Gasteiger partial charge on any atom is -0.388 e. The molecule has 5 heteroatoms. The number of ether oxygens (including phenoxy) is 1. The fraction of sp³-hybridized carbons (Fsp3) is 0.696. The molecule has 3 unspecified atom stereocenters. The largest absolute Gasteiger partial charge is 0.388 e. The summed E-state index contributed by atoms with van der Waals surface area (Å²) in [6.07, 6.45) is 7.82. The van der Waals surface area contributed by atoms with Crippen molar-refractivity contribution in [2.24, 2.45) is 5.41 Å². The maximum absolute atomic E-state index is 12.6. The molecule has 3 rings (SSSR count). The van der Waals surface area contributed by atoms with Gasteiger partial charge in [0.15, 0.2) is 0 Å². The molecule has 1 N–H and O–H groups in total. The molecule has 1 aliphatic heterocycles. The van der Waals surface area contributed by atoms with Gasteiger partial charge in [0.2, 0.25) is 5.91 Å². The maximum atomic E-state index is 12.6. The quantitative estimate of drug-likeness (QED) is 0.383. The van der Waals surface area contributed by atoms with Crippen LogP contribution in [0.5, 0.6) is 0 Å². The van der Waals surface area contributed by atoms with Gasteiger partial charge in [-0.05, 0) is 43.4 Å². The SMILES string of the molecule is CCCCOCC1C(Br)CC(=O)N1c1ccc(C(O)C2(CCC)CCC2)cc1. The van der Waals surface area contributed by atoms with Gasteiger partial charge in [0, 0.05) is 29.0 Å². The molecule has 0 bridgehead atoms. The molecule has 1 aliphatic carbocycles. The third kappa shape index (κ3) is 4.47. The van der Waals surface area contributed by atoms with Gasteiger partial charge in [0.25, 0.3) is 0 Å². The van der Waals surface area contributed by atoms with E-state index in [1.807, 2.05) is 29.2 Å². The summed E-state index contributed by atoms with van der Waals surface area (Å²) in [5, 5.41) is 11.0. The molecule has 2 aliphatic rings. The summed E-state index contributed by atoms with van der Waals surface area (Å²) in [7, 11) is 0. The number of alkyl halides is 1. The van der Waals surface area contributed by atoms with Crippen molar-refractivity contribution in [3.8, 4) is 0 Å². The van der Waals surface area contributed by atoms with Crippen molar-refractivity contribution < 1.29 is 14.6 Å². The summed E-state index contributed by atoms with van der Waals surface area (Å²) in [6, 6.07) is 7.98. The number of carbonyl (C=O) groups is 1. The third-order valence-corrected chi connectivity index (χ3v) is 7.42. The zero-order valence-electron chi connectivity index (χ0n) is 17.2. The van der Waals surface area contributed by atoms with Crippen LogP contribution in [0.25, 0.3) is 0 Å². The molecule has 1 saturated heterocycles. The van der Waals surface area contributed by atoms with Crippen molar-refractivity contribution in [2.75, 3.05) is 18.1 Å². The molecule has 0 radical (unpaired) electrons. The van der Waals surface area contributed by atoms with E-state index in [-0.39, 0.29) is 22.2 Å². The first-order valence-corrected chi connectivity index (χ1v) is 11.8. The van der Waals surface area contributed by atoms with Crippen LogP contribution < -0.4 is 4.90 Å². The van der Waals surface area contributed by atoms with E-state index in [1.54, 1.807) is 0 Å². The number of aliphatic hydroxyl groups excluding tert-OH is 1. The van der Waals surface area contributed by atoms with E-state index < -0.39 is 6.10 Å². The van der Waals surface area contributed by atoms with Crippen LogP contribution in [0.3, 0.4) is 0 Å². The summed E-state index contributed by atoms with van der Waals surface area (Å²) in [6.45, 7) is 5.62. The number of amides is 1. The van der Waals surface area contributed by atoms with Crippen molar-refractivity contribution >= 4 is 27.5 Å². The lowest BCUT2D eigenvalue weighted by molar-refractivity contribution is -0.117. The lowest BCUT2D eigenvalue weighted by atomic mass is 9.61. The van der Waals surface area contributed by atoms with E-state index in [2.05, 4.69) is 29.8 Å². The topological polar surface area (TPSA) is 49.8 Å². The first-order valence-electron chi connectivity index (χ1n) is 10.8. The molecule has 3 atom stereocenters. The molecule has 0 aromatic heterocycles. The van der Waals surface area contributed by atoms with Gasteiger partial charge < -0.3 is 14.7 Å². The Balaban J connectivity index is 1.71. The Morgan fingerprint density at radius 1 is 1.25 bits per heavy atom.